The number of alkyl halides is 2. The number of methoxy groups -OCH3 is 1. The minimum absolute atomic E-state index is 0.0778. The van der Waals surface area contributed by atoms with Crippen LogP contribution in [0.5, 0.6) is 5.75 Å². The van der Waals surface area contributed by atoms with E-state index in [2.05, 4.69) is 5.10 Å². The molecule has 1 rings (SSSR count). The first kappa shape index (κ1) is 13.6. The zero-order valence-corrected chi connectivity index (χ0v) is 9.98. The highest BCUT2D eigenvalue weighted by atomic mass is 19.3. The number of carbonyl (C=O) groups is 1. The van der Waals surface area contributed by atoms with E-state index in [0.717, 1.165) is 0 Å². The number of halogens is 2. The molecule has 17 heavy (non-hydrogen) atoms. The molecule has 1 aromatic heterocycles. The van der Waals surface area contributed by atoms with Crippen LogP contribution in [-0.4, -0.2) is 54.6 Å². The van der Waals surface area contributed by atoms with Gasteiger partial charge in [-0.25, -0.2) is 8.78 Å². The second kappa shape index (κ2) is 5.72. The summed E-state index contributed by atoms with van der Waals surface area (Å²) in [5.74, 6) is -1.19. The Labute approximate surface area is 98.0 Å². The SMILES string of the molecule is COc1cnn(CCN(C)C)c1C(=O)C(F)F. The normalized spacial score (nSPS) is 11.2. The first-order valence-electron chi connectivity index (χ1n) is 5.04. The lowest BCUT2D eigenvalue weighted by Crippen LogP contribution is -2.23. The number of aromatic nitrogens is 2. The lowest BCUT2D eigenvalue weighted by molar-refractivity contribution is 0.0662. The number of carbonyl (C=O) groups excluding carboxylic acids is 1. The summed E-state index contributed by atoms with van der Waals surface area (Å²) in [5, 5.41) is 3.87. The highest BCUT2D eigenvalue weighted by Crippen LogP contribution is 2.20. The predicted octanol–water partition coefficient (Wildman–Crippen LogP) is 0.901. The van der Waals surface area contributed by atoms with Crippen molar-refractivity contribution in [1.29, 1.82) is 0 Å². The molecule has 0 unspecified atom stereocenters. The first-order chi connectivity index (χ1) is 7.97. The van der Waals surface area contributed by atoms with E-state index in [4.69, 9.17) is 4.74 Å². The standard InChI is InChI=1S/C10H15F2N3O2/c1-14(2)4-5-15-8(9(16)10(11)12)7(17-3)6-13-15/h6,10H,4-5H2,1-3H3. The number of ether oxygens (including phenoxy) is 1. The van der Waals surface area contributed by atoms with Gasteiger partial charge in [0, 0.05) is 6.54 Å². The fourth-order valence-electron chi connectivity index (χ4n) is 1.33. The number of likely N-dealkylation sites (N-methyl/N-ethyl adjacent to an activating group) is 1. The van der Waals surface area contributed by atoms with E-state index in [1.54, 1.807) is 0 Å². The highest BCUT2D eigenvalue weighted by molar-refractivity contribution is 5.99. The Balaban J connectivity index is 2.97. The number of ketones is 1. The molecular formula is C10H15F2N3O2. The molecule has 5 nitrogen and oxygen atoms in total. The van der Waals surface area contributed by atoms with E-state index in [1.807, 2.05) is 19.0 Å². The molecule has 0 amide bonds. The van der Waals surface area contributed by atoms with E-state index in [1.165, 1.54) is 18.0 Å². The molecule has 7 heteroatoms. The van der Waals surface area contributed by atoms with Crippen LogP contribution in [0.15, 0.2) is 6.20 Å². The molecule has 0 saturated carbocycles. The molecular weight excluding hydrogens is 232 g/mol. The van der Waals surface area contributed by atoms with Crippen LogP contribution in [0.4, 0.5) is 8.78 Å². The van der Waals surface area contributed by atoms with Crippen molar-refractivity contribution in [2.24, 2.45) is 0 Å². The summed E-state index contributed by atoms with van der Waals surface area (Å²) in [4.78, 5) is 13.2. The molecule has 1 heterocycles. The monoisotopic (exact) mass is 247 g/mol. The third-order valence-corrected chi connectivity index (χ3v) is 2.22. The molecule has 0 aliphatic heterocycles. The van der Waals surface area contributed by atoms with Crippen LogP contribution in [0.1, 0.15) is 10.5 Å². The summed E-state index contributed by atoms with van der Waals surface area (Å²) in [5.41, 5.74) is -0.177. The quantitative estimate of drug-likeness (QED) is 0.701. The molecule has 0 bridgehead atoms. The molecule has 0 aromatic carbocycles. The van der Waals surface area contributed by atoms with Crippen molar-refractivity contribution in [2.45, 2.75) is 13.0 Å². The number of Topliss-reactive ketones (excluding diaryl/α,β-unsaturated/α-hetero) is 1. The van der Waals surface area contributed by atoms with Crippen molar-refractivity contribution < 1.29 is 18.3 Å². The zero-order chi connectivity index (χ0) is 13.0. The third-order valence-electron chi connectivity index (χ3n) is 2.22. The molecule has 0 aliphatic carbocycles. The molecule has 0 N–H and O–H groups in total. The van der Waals surface area contributed by atoms with Gasteiger partial charge >= 0.3 is 6.43 Å². The van der Waals surface area contributed by atoms with Gasteiger partial charge in [0.15, 0.2) is 11.4 Å². The molecule has 96 valence electrons. The molecule has 0 fully saturated rings. The second-order valence-electron chi connectivity index (χ2n) is 3.75. The van der Waals surface area contributed by atoms with Crippen LogP contribution in [0.25, 0.3) is 0 Å². The fraction of sp³-hybridized carbons (Fsp3) is 0.600. The van der Waals surface area contributed by atoms with Crippen molar-refractivity contribution in [3.63, 3.8) is 0 Å². The average Bonchev–Trinajstić information content (AvgIpc) is 2.67. The Morgan fingerprint density at radius 1 is 1.59 bits per heavy atom. The maximum absolute atomic E-state index is 12.4. The Morgan fingerprint density at radius 2 is 2.24 bits per heavy atom. The molecule has 0 aliphatic rings. The van der Waals surface area contributed by atoms with Gasteiger partial charge in [0.25, 0.3) is 5.78 Å². The van der Waals surface area contributed by atoms with E-state index in [9.17, 15) is 13.6 Å². The minimum Gasteiger partial charge on any atom is -0.493 e. The number of nitrogens with zero attached hydrogens (tertiary/aromatic N) is 3. The summed E-state index contributed by atoms with van der Waals surface area (Å²) in [6, 6.07) is 0. The second-order valence-corrected chi connectivity index (χ2v) is 3.75. The lowest BCUT2D eigenvalue weighted by Gasteiger charge is -2.11. The van der Waals surface area contributed by atoms with E-state index >= 15 is 0 Å². The van der Waals surface area contributed by atoms with Gasteiger partial charge in [-0.2, -0.15) is 5.10 Å². The number of hydrogen-bond donors (Lipinski definition) is 0. The minimum atomic E-state index is -3.06. The first-order valence-corrected chi connectivity index (χ1v) is 5.04. The van der Waals surface area contributed by atoms with Gasteiger partial charge < -0.3 is 9.64 Å². The van der Waals surface area contributed by atoms with E-state index in [0.29, 0.717) is 13.1 Å². The topological polar surface area (TPSA) is 47.4 Å². The molecule has 0 saturated heterocycles. The van der Waals surface area contributed by atoms with E-state index in [-0.39, 0.29) is 11.4 Å². The van der Waals surface area contributed by atoms with Crippen molar-refractivity contribution >= 4 is 5.78 Å². The van der Waals surface area contributed by atoms with Crippen LogP contribution in [0, 0.1) is 0 Å². The van der Waals surface area contributed by atoms with Gasteiger partial charge in [-0.15, -0.1) is 0 Å². The van der Waals surface area contributed by atoms with Crippen molar-refractivity contribution in [2.75, 3.05) is 27.7 Å². The van der Waals surface area contributed by atoms with Crippen LogP contribution in [-0.2, 0) is 6.54 Å². The molecule has 0 spiro atoms. The summed E-state index contributed by atoms with van der Waals surface area (Å²) >= 11 is 0. The molecule has 1 aromatic rings. The van der Waals surface area contributed by atoms with Crippen LogP contribution >= 0.6 is 0 Å². The summed E-state index contributed by atoms with van der Waals surface area (Å²) in [6.07, 6.45) is -1.79. The Bertz CT molecular complexity index is 391. The molecule has 0 atom stereocenters. The maximum atomic E-state index is 12.4. The van der Waals surface area contributed by atoms with E-state index < -0.39 is 12.2 Å². The zero-order valence-electron chi connectivity index (χ0n) is 9.98. The average molecular weight is 247 g/mol. The summed E-state index contributed by atoms with van der Waals surface area (Å²) in [6.45, 7) is 0.943. The Hall–Kier alpha value is -1.50. The van der Waals surface area contributed by atoms with Crippen LogP contribution in [0.3, 0.4) is 0 Å². The molecule has 0 radical (unpaired) electrons. The van der Waals surface area contributed by atoms with Crippen molar-refractivity contribution in [1.82, 2.24) is 14.7 Å². The van der Waals surface area contributed by atoms with Crippen molar-refractivity contribution in [3.05, 3.63) is 11.9 Å². The van der Waals surface area contributed by atoms with Gasteiger partial charge in [-0.1, -0.05) is 0 Å². The van der Waals surface area contributed by atoms with Crippen molar-refractivity contribution in [3.8, 4) is 5.75 Å². The lowest BCUT2D eigenvalue weighted by atomic mass is 10.2. The predicted molar refractivity (Wildman–Crippen MR) is 57.7 cm³/mol. The van der Waals surface area contributed by atoms with Gasteiger partial charge in [-0.05, 0) is 14.1 Å². The third kappa shape index (κ3) is 3.23. The Morgan fingerprint density at radius 3 is 2.71 bits per heavy atom. The largest absolute Gasteiger partial charge is 0.493 e. The maximum Gasteiger partial charge on any atom is 0.302 e. The number of rotatable bonds is 6. The highest BCUT2D eigenvalue weighted by Gasteiger charge is 2.26. The summed E-state index contributed by atoms with van der Waals surface area (Å²) < 4.78 is 31.0. The van der Waals surface area contributed by atoms with Gasteiger partial charge in [0.05, 0.1) is 19.9 Å². The van der Waals surface area contributed by atoms with Gasteiger partial charge in [0.2, 0.25) is 0 Å². The smallest absolute Gasteiger partial charge is 0.302 e. The van der Waals surface area contributed by atoms with Crippen LogP contribution < -0.4 is 4.74 Å². The Kier molecular flexibility index (Phi) is 4.56. The van der Waals surface area contributed by atoms with Crippen LogP contribution in [0.2, 0.25) is 0 Å². The van der Waals surface area contributed by atoms with Gasteiger partial charge in [-0.3, -0.25) is 9.48 Å². The fourth-order valence-corrected chi connectivity index (χ4v) is 1.33. The summed E-state index contributed by atoms with van der Waals surface area (Å²) in [7, 11) is 5.00. The van der Waals surface area contributed by atoms with Gasteiger partial charge in [0.1, 0.15) is 0 Å². The number of hydrogen-bond acceptors (Lipinski definition) is 4.